The van der Waals surface area contributed by atoms with Gasteiger partial charge in [0.05, 0.1) is 43.0 Å². The van der Waals surface area contributed by atoms with Crippen molar-refractivity contribution in [3.63, 3.8) is 0 Å². The van der Waals surface area contributed by atoms with Gasteiger partial charge in [-0.1, -0.05) is 6.92 Å². The number of hydrogen-bond acceptors (Lipinski definition) is 7. The van der Waals surface area contributed by atoms with E-state index in [1.165, 1.54) is 0 Å². The molecule has 0 fully saturated rings. The van der Waals surface area contributed by atoms with Crippen LogP contribution in [0.5, 0.6) is 34.5 Å². The van der Waals surface area contributed by atoms with Gasteiger partial charge in [0.1, 0.15) is 0 Å². The molecule has 1 N–H and O–H groups in total. The van der Waals surface area contributed by atoms with Crippen LogP contribution in [0, 0.1) is 5.92 Å². The van der Waals surface area contributed by atoms with E-state index in [0.717, 1.165) is 26.7 Å². The highest BCUT2D eigenvalue weighted by molar-refractivity contribution is 9.11. The predicted octanol–water partition coefficient (Wildman–Crippen LogP) is 5.13. The Labute approximate surface area is 204 Å². The van der Waals surface area contributed by atoms with Gasteiger partial charge in [-0.3, -0.25) is 0 Å². The van der Waals surface area contributed by atoms with Crippen LogP contribution < -0.4 is 28.4 Å². The first kappa shape index (κ1) is 23.3. The topological polar surface area (TPSA) is 75.6 Å². The average Bonchev–Trinajstić information content (AvgIpc) is 3.25. The van der Waals surface area contributed by atoms with Gasteiger partial charge in [0.15, 0.2) is 23.0 Å². The molecule has 0 bridgehead atoms. The van der Waals surface area contributed by atoms with Gasteiger partial charge in [-0.05, 0) is 62.2 Å². The van der Waals surface area contributed by atoms with Gasteiger partial charge in [-0.2, -0.15) is 0 Å². The Morgan fingerprint density at radius 3 is 1.97 bits per heavy atom. The molecule has 174 valence electrons. The van der Waals surface area contributed by atoms with Crippen LogP contribution in [0.25, 0.3) is 11.1 Å². The summed E-state index contributed by atoms with van der Waals surface area (Å²) in [5.41, 5.74) is 2.29. The largest absolute Gasteiger partial charge is 0.492 e. The van der Waals surface area contributed by atoms with Crippen LogP contribution in [0.2, 0.25) is 0 Å². The zero-order valence-electron chi connectivity index (χ0n) is 18.9. The lowest BCUT2D eigenvalue weighted by molar-refractivity contribution is 0.00608. The van der Waals surface area contributed by atoms with Crippen molar-refractivity contribution in [3.05, 3.63) is 20.1 Å². The molecule has 2 aromatic carbocycles. The van der Waals surface area contributed by atoms with Gasteiger partial charge >= 0.3 is 0 Å². The highest BCUT2D eigenvalue weighted by atomic mass is 79.9. The van der Waals surface area contributed by atoms with E-state index in [1.807, 2.05) is 13.8 Å². The smallest absolute Gasteiger partial charge is 0.231 e. The maximum Gasteiger partial charge on any atom is 0.231 e. The summed E-state index contributed by atoms with van der Waals surface area (Å²) in [7, 11) is 6.32. The molecular formula is C23H26Br2O7. The summed E-state index contributed by atoms with van der Waals surface area (Å²) >= 11 is 7.45. The van der Waals surface area contributed by atoms with E-state index >= 15 is 0 Å². The number of methoxy groups -OCH3 is 4. The van der Waals surface area contributed by atoms with Crippen LogP contribution in [-0.4, -0.2) is 45.9 Å². The minimum atomic E-state index is -1.01. The highest BCUT2D eigenvalue weighted by Gasteiger charge is 2.41. The zero-order valence-corrected chi connectivity index (χ0v) is 22.0. The molecule has 4 rings (SSSR count). The van der Waals surface area contributed by atoms with E-state index in [-0.39, 0.29) is 12.7 Å². The lowest BCUT2D eigenvalue weighted by Crippen LogP contribution is -2.38. The molecule has 0 aromatic heterocycles. The molecule has 1 aliphatic carbocycles. The molecule has 32 heavy (non-hydrogen) atoms. The van der Waals surface area contributed by atoms with Crippen molar-refractivity contribution in [2.24, 2.45) is 5.92 Å². The Morgan fingerprint density at radius 1 is 0.812 bits per heavy atom. The number of benzene rings is 2. The summed E-state index contributed by atoms with van der Waals surface area (Å²) < 4.78 is 36.1. The molecule has 1 heterocycles. The summed E-state index contributed by atoms with van der Waals surface area (Å²) in [5.74, 6) is 3.00. The number of ether oxygens (including phenoxy) is 6. The van der Waals surface area contributed by atoms with Crippen LogP contribution in [0.4, 0.5) is 0 Å². The summed E-state index contributed by atoms with van der Waals surface area (Å²) in [6, 6.07) is 0. The van der Waals surface area contributed by atoms with Crippen molar-refractivity contribution < 1.29 is 33.5 Å². The SMILES string of the molecule is COc1c(Br)c2c(c(OC)c1OC)-c1c(c(Br)c3c(c1OC)OCO3)C[C@H](C)[C@@](C)(O)C2. The molecule has 2 aromatic rings. The number of halogens is 2. The van der Waals surface area contributed by atoms with Crippen LogP contribution in [0.3, 0.4) is 0 Å². The van der Waals surface area contributed by atoms with Gasteiger partial charge in [0, 0.05) is 17.5 Å². The number of fused-ring (bicyclic) bond motifs is 4. The van der Waals surface area contributed by atoms with Crippen molar-refractivity contribution >= 4 is 31.9 Å². The third-order valence-electron chi connectivity index (χ3n) is 6.39. The van der Waals surface area contributed by atoms with Crippen molar-refractivity contribution in [2.45, 2.75) is 32.3 Å². The lowest BCUT2D eigenvalue weighted by Gasteiger charge is -2.36. The van der Waals surface area contributed by atoms with E-state index < -0.39 is 5.60 Å². The standard InChI is InChI=1S/C23H26Br2O7/c1-10-7-11-13(18(28-4)22-20(15(11)24)31-9-32-22)14-12(8-23(10,2)26)16(25)19(29-5)21(30-6)17(14)27-3/h10,26H,7-9H2,1-6H3/t10-,23-/m0/s1. The molecule has 1 aliphatic heterocycles. The van der Waals surface area contributed by atoms with Gasteiger partial charge in [-0.25, -0.2) is 0 Å². The number of rotatable bonds is 4. The summed E-state index contributed by atoms with van der Waals surface area (Å²) in [6.45, 7) is 3.98. The van der Waals surface area contributed by atoms with E-state index in [0.29, 0.717) is 51.8 Å². The monoisotopic (exact) mass is 572 g/mol. The fourth-order valence-corrected chi connectivity index (χ4v) is 5.84. The first-order valence-corrected chi connectivity index (χ1v) is 11.7. The second-order valence-electron chi connectivity index (χ2n) is 8.17. The number of aliphatic hydroxyl groups is 1. The maximum atomic E-state index is 11.5. The predicted molar refractivity (Wildman–Crippen MR) is 127 cm³/mol. The molecular weight excluding hydrogens is 548 g/mol. The molecule has 0 radical (unpaired) electrons. The van der Waals surface area contributed by atoms with Crippen molar-refractivity contribution in [1.29, 1.82) is 0 Å². The summed E-state index contributed by atoms with van der Waals surface area (Å²) in [4.78, 5) is 0. The first-order valence-electron chi connectivity index (χ1n) is 10.1. The third kappa shape index (κ3) is 3.31. The van der Waals surface area contributed by atoms with Crippen molar-refractivity contribution in [1.82, 2.24) is 0 Å². The van der Waals surface area contributed by atoms with Crippen LogP contribution in [-0.2, 0) is 12.8 Å². The molecule has 0 amide bonds. The molecule has 2 aliphatic rings. The van der Waals surface area contributed by atoms with Gasteiger partial charge in [0.2, 0.25) is 18.3 Å². The Morgan fingerprint density at radius 2 is 1.38 bits per heavy atom. The minimum Gasteiger partial charge on any atom is -0.492 e. The number of hydrogen-bond donors (Lipinski definition) is 1. The van der Waals surface area contributed by atoms with E-state index in [2.05, 4.69) is 31.9 Å². The van der Waals surface area contributed by atoms with Crippen LogP contribution in [0.15, 0.2) is 8.95 Å². The quantitative estimate of drug-likeness (QED) is 0.543. The average molecular weight is 574 g/mol. The van der Waals surface area contributed by atoms with Crippen LogP contribution >= 0.6 is 31.9 Å². The molecule has 9 heteroatoms. The first-order chi connectivity index (χ1) is 15.2. The van der Waals surface area contributed by atoms with Gasteiger partial charge < -0.3 is 33.5 Å². The Balaban J connectivity index is 2.24. The molecule has 2 atom stereocenters. The highest BCUT2D eigenvalue weighted by Crippen LogP contribution is 2.61. The summed E-state index contributed by atoms with van der Waals surface area (Å²) in [5, 5.41) is 11.5. The molecule has 0 saturated heterocycles. The third-order valence-corrected chi connectivity index (χ3v) is 8.07. The lowest BCUT2D eigenvalue weighted by atomic mass is 9.75. The van der Waals surface area contributed by atoms with E-state index in [9.17, 15) is 5.11 Å². The molecule has 7 nitrogen and oxygen atoms in total. The minimum absolute atomic E-state index is 0.0817. The molecule has 0 unspecified atom stereocenters. The molecule has 0 spiro atoms. The van der Waals surface area contributed by atoms with Gasteiger partial charge in [-0.15, -0.1) is 0 Å². The normalized spacial score (nSPS) is 21.2. The Kier molecular flexibility index (Phi) is 6.19. The maximum absolute atomic E-state index is 11.5. The second kappa shape index (κ2) is 8.50. The van der Waals surface area contributed by atoms with Crippen LogP contribution in [0.1, 0.15) is 25.0 Å². The Bertz CT molecular complexity index is 1080. The van der Waals surface area contributed by atoms with Crippen molar-refractivity contribution in [3.8, 4) is 45.6 Å². The van der Waals surface area contributed by atoms with Crippen molar-refractivity contribution in [2.75, 3.05) is 35.2 Å². The fraction of sp³-hybridized carbons (Fsp3) is 0.478. The second-order valence-corrected chi connectivity index (χ2v) is 9.76. The fourth-order valence-electron chi connectivity index (χ4n) is 4.51. The Hall–Kier alpha value is -1.84. The van der Waals surface area contributed by atoms with Gasteiger partial charge in [0.25, 0.3) is 0 Å². The zero-order chi connectivity index (χ0) is 23.4. The van der Waals surface area contributed by atoms with E-state index in [1.54, 1.807) is 28.4 Å². The van der Waals surface area contributed by atoms with E-state index in [4.69, 9.17) is 28.4 Å². The summed E-state index contributed by atoms with van der Waals surface area (Å²) in [6.07, 6.45) is 0.930. The molecule has 0 saturated carbocycles.